The molecule has 1 atom stereocenters. The minimum Gasteiger partial charge on any atom is -0.394 e. The van der Waals surface area contributed by atoms with E-state index in [0.717, 1.165) is 12.8 Å². The number of hydrogen-bond acceptors (Lipinski definition) is 5. The Hall–Kier alpha value is -2.74. The van der Waals surface area contributed by atoms with E-state index in [-0.39, 0.29) is 24.2 Å². The fourth-order valence-corrected chi connectivity index (χ4v) is 2.75. The molecule has 23 heavy (non-hydrogen) atoms. The van der Waals surface area contributed by atoms with E-state index in [2.05, 4.69) is 5.10 Å². The van der Waals surface area contributed by atoms with E-state index >= 15 is 0 Å². The molecule has 1 aromatic carbocycles. The molecule has 1 aliphatic rings. The number of amides is 1. The van der Waals surface area contributed by atoms with Crippen molar-refractivity contribution in [2.45, 2.75) is 18.9 Å². The van der Waals surface area contributed by atoms with Gasteiger partial charge in [0.1, 0.15) is 0 Å². The van der Waals surface area contributed by atoms with E-state index in [0.29, 0.717) is 17.9 Å². The van der Waals surface area contributed by atoms with Crippen LogP contribution in [-0.2, 0) is 0 Å². The highest BCUT2D eigenvalue weighted by Crippen LogP contribution is 2.20. The molecule has 2 aromatic rings. The van der Waals surface area contributed by atoms with Gasteiger partial charge in [-0.2, -0.15) is 5.10 Å². The summed E-state index contributed by atoms with van der Waals surface area (Å²) in [4.78, 5) is 24.3. The highest BCUT2D eigenvalue weighted by Gasteiger charge is 2.29. The second-order valence-electron chi connectivity index (χ2n) is 5.40. The van der Waals surface area contributed by atoms with Crippen molar-refractivity contribution in [2.75, 3.05) is 13.2 Å². The van der Waals surface area contributed by atoms with Crippen molar-refractivity contribution in [1.82, 2.24) is 14.7 Å². The maximum absolute atomic E-state index is 12.5. The van der Waals surface area contributed by atoms with E-state index < -0.39 is 4.92 Å². The van der Waals surface area contributed by atoms with Gasteiger partial charge in [0.2, 0.25) is 0 Å². The number of nitrogens with zero attached hydrogens (tertiary/aromatic N) is 4. The van der Waals surface area contributed by atoms with Gasteiger partial charge < -0.3 is 10.0 Å². The lowest BCUT2D eigenvalue weighted by Gasteiger charge is -2.21. The van der Waals surface area contributed by atoms with E-state index in [9.17, 15) is 20.0 Å². The maximum atomic E-state index is 12.5. The van der Waals surface area contributed by atoms with Crippen LogP contribution in [0, 0.1) is 10.1 Å². The second-order valence-corrected chi connectivity index (χ2v) is 5.40. The molecule has 0 bridgehead atoms. The van der Waals surface area contributed by atoms with Crippen LogP contribution in [0.25, 0.3) is 5.69 Å². The van der Waals surface area contributed by atoms with Gasteiger partial charge in [0.15, 0.2) is 5.69 Å². The molecule has 1 N–H and O–H groups in total. The highest BCUT2D eigenvalue weighted by molar-refractivity contribution is 5.92. The lowest BCUT2D eigenvalue weighted by molar-refractivity contribution is -0.384. The number of nitro benzene ring substituents is 1. The molecule has 0 aliphatic carbocycles. The first-order valence-electron chi connectivity index (χ1n) is 7.32. The molecule has 1 aromatic heterocycles. The zero-order valence-corrected chi connectivity index (χ0v) is 12.3. The Morgan fingerprint density at radius 1 is 1.35 bits per heavy atom. The molecule has 0 spiro atoms. The first-order valence-corrected chi connectivity index (χ1v) is 7.32. The standard InChI is InChI=1S/C15H16N4O4/c20-10-13-2-1-8-17(13)15(21)14-7-9-18(16-14)11-3-5-12(6-4-11)19(22)23/h3-7,9,13,20H,1-2,8,10H2/t13-/m1/s1. The Labute approximate surface area is 132 Å². The van der Waals surface area contributed by atoms with E-state index in [1.165, 1.54) is 16.8 Å². The van der Waals surface area contributed by atoms with Crippen LogP contribution < -0.4 is 0 Å². The summed E-state index contributed by atoms with van der Waals surface area (Å²) < 4.78 is 1.50. The second kappa shape index (κ2) is 6.17. The van der Waals surface area contributed by atoms with Crippen LogP contribution in [-0.4, -0.2) is 49.8 Å². The van der Waals surface area contributed by atoms with Gasteiger partial charge in [-0.3, -0.25) is 14.9 Å². The van der Waals surface area contributed by atoms with Gasteiger partial charge in [0, 0.05) is 24.9 Å². The van der Waals surface area contributed by atoms with Crippen LogP contribution in [0.3, 0.4) is 0 Å². The molecule has 2 heterocycles. The minimum atomic E-state index is -0.468. The molecule has 120 valence electrons. The SMILES string of the molecule is O=C(c1ccn(-c2ccc([N+](=O)[O-])cc2)n1)N1CCC[C@@H]1CO. The van der Waals surface area contributed by atoms with Crippen LogP contribution in [0.2, 0.25) is 0 Å². The van der Waals surface area contributed by atoms with Crippen molar-refractivity contribution in [1.29, 1.82) is 0 Å². The van der Waals surface area contributed by atoms with Gasteiger partial charge in [-0.25, -0.2) is 4.68 Å². The van der Waals surface area contributed by atoms with Crippen LogP contribution >= 0.6 is 0 Å². The topological polar surface area (TPSA) is 102 Å². The molecule has 3 rings (SSSR count). The lowest BCUT2D eigenvalue weighted by Crippen LogP contribution is -2.37. The number of rotatable bonds is 4. The minimum absolute atomic E-state index is 0.0000558. The van der Waals surface area contributed by atoms with Crippen molar-refractivity contribution in [2.24, 2.45) is 0 Å². The zero-order valence-electron chi connectivity index (χ0n) is 12.3. The molecule has 1 aliphatic heterocycles. The van der Waals surface area contributed by atoms with E-state index in [1.54, 1.807) is 29.3 Å². The summed E-state index contributed by atoms with van der Waals surface area (Å²) >= 11 is 0. The predicted molar refractivity (Wildman–Crippen MR) is 81.4 cm³/mol. The third kappa shape index (κ3) is 2.93. The van der Waals surface area contributed by atoms with Crippen molar-refractivity contribution in [3.8, 4) is 5.69 Å². The fourth-order valence-electron chi connectivity index (χ4n) is 2.75. The summed E-state index contributed by atoms with van der Waals surface area (Å²) in [6.07, 6.45) is 3.31. The number of non-ortho nitro benzene ring substituents is 1. The molecule has 0 unspecified atom stereocenters. The summed E-state index contributed by atoms with van der Waals surface area (Å²) in [6.45, 7) is 0.573. The van der Waals surface area contributed by atoms with Gasteiger partial charge in [0.05, 0.1) is 23.3 Å². The van der Waals surface area contributed by atoms with Crippen molar-refractivity contribution in [3.05, 3.63) is 52.3 Å². The van der Waals surface area contributed by atoms with E-state index in [4.69, 9.17) is 0 Å². The van der Waals surface area contributed by atoms with E-state index in [1.807, 2.05) is 0 Å². The Morgan fingerprint density at radius 2 is 2.09 bits per heavy atom. The molecule has 0 radical (unpaired) electrons. The monoisotopic (exact) mass is 316 g/mol. The molecule has 0 saturated carbocycles. The van der Waals surface area contributed by atoms with Gasteiger partial charge >= 0.3 is 0 Å². The third-order valence-corrected chi connectivity index (χ3v) is 3.98. The molecule has 1 fully saturated rings. The number of aromatic nitrogens is 2. The number of carbonyl (C=O) groups is 1. The smallest absolute Gasteiger partial charge is 0.274 e. The first kappa shape index (κ1) is 15.2. The van der Waals surface area contributed by atoms with Gasteiger partial charge in [0.25, 0.3) is 11.6 Å². The van der Waals surface area contributed by atoms with Crippen LogP contribution in [0.1, 0.15) is 23.3 Å². The molecule has 8 heteroatoms. The van der Waals surface area contributed by atoms with Crippen LogP contribution in [0.15, 0.2) is 36.5 Å². The van der Waals surface area contributed by atoms with Crippen LogP contribution in [0.5, 0.6) is 0 Å². The number of aliphatic hydroxyl groups excluding tert-OH is 1. The maximum Gasteiger partial charge on any atom is 0.274 e. The third-order valence-electron chi connectivity index (χ3n) is 3.98. The molecular weight excluding hydrogens is 300 g/mol. The van der Waals surface area contributed by atoms with Gasteiger partial charge in [-0.1, -0.05) is 0 Å². The Morgan fingerprint density at radius 3 is 2.74 bits per heavy atom. The zero-order chi connectivity index (χ0) is 16.4. The average Bonchev–Trinajstić information content (AvgIpc) is 3.23. The first-order chi connectivity index (χ1) is 11.1. The Balaban J connectivity index is 1.80. The summed E-state index contributed by atoms with van der Waals surface area (Å²) in [7, 11) is 0. The highest BCUT2D eigenvalue weighted by atomic mass is 16.6. The van der Waals surface area contributed by atoms with Gasteiger partial charge in [-0.05, 0) is 31.0 Å². The number of benzene rings is 1. The number of carbonyl (C=O) groups excluding carboxylic acids is 1. The van der Waals surface area contributed by atoms with Crippen molar-refractivity contribution in [3.63, 3.8) is 0 Å². The van der Waals surface area contributed by atoms with Gasteiger partial charge in [-0.15, -0.1) is 0 Å². The predicted octanol–water partition coefficient (Wildman–Crippen LogP) is 1.38. The summed E-state index contributed by atoms with van der Waals surface area (Å²) in [5, 5.41) is 24.2. The number of hydrogen-bond donors (Lipinski definition) is 1. The lowest BCUT2D eigenvalue weighted by atomic mass is 10.2. The largest absolute Gasteiger partial charge is 0.394 e. The average molecular weight is 316 g/mol. The quantitative estimate of drug-likeness (QED) is 0.678. The molecule has 1 amide bonds. The molecule has 8 nitrogen and oxygen atoms in total. The fraction of sp³-hybridized carbons (Fsp3) is 0.333. The Bertz CT molecular complexity index is 725. The normalized spacial score (nSPS) is 17.4. The summed E-state index contributed by atoms with van der Waals surface area (Å²) in [5.74, 6) is -0.206. The number of nitro groups is 1. The molecular formula is C15H16N4O4. The Kier molecular flexibility index (Phi) is 4.07. The number of likely N-dealkylation sites (tertiary alicyclic amines) is 1. The molecule has 1 saturated heterocycles. The number of aliphatic hydroxyl groups is 1. The summed E-state index contributed by atoms with van der Waals surface area (Å²) in [6, 6.07) is 7.39. The summed E-state index contributed by atoms with van der Waals surface area (Å²) in [5.41, 5.74) is 0.929. The van der Waals surface area contributed by atoms with Crippen molar-refractivity contribution < 1.29 is 14.8 Å². The van der Waals surface area contributed by atoms with Crippen molar-refractivity contribution >= 4 is 11.6 Å². The van der Waals surface area contributed by atoms with Crippen LogP contribution in [0.4, 0.5) is 5.69 Å².